The number of allylic oxidation sites excluding steroid dienone is 3. The van der Waals surface area contributed by atoms with Crippen LogP contribution in [0.5, 0.6) is 0 Å². The Morgan fingerprint density at radius 1 is 1.35 bits per heavy atom. The first-order valence-electron chi connectivity index (χ1n) is 8.71. The summed E-state index contributed by atoms with van der Waals surface area (Å²) in [6.07, 6.45) is 7.04. The highest BCUT2D eigenvalue weighted by Gasteiger charge is 2.31. The highest BCUT2D eigenvalue weighted by Crippen LogP contribution is 2.33. The highest BCUT2D eigenvalue weighted by atomic mass is 16.6. The Morgan fingerprint density at radius 2 is 2.12 bits per heavy atom. The van der Waals surface area contributed by atoms with E-state index in [1.807, 2.05) is 26.8 Å². The Kier molecular flexibility index (Phi) is 4.84. The molecule has 1 N–H and O–H groups in total. The Balaban J connectivity index is 1.63. The predicted octanol–water partition coefficient (Wildman–Crippen LogP) is 2.49. The lowest BCUT2D eigenvalue weighted by atomic mass is 9.82. The number of hydrogen-bond acceptors (Lipinski definition) is 5. The smallest absolute Gasteiger partial charge is 0.410 e. The van der Waals surface area contributed by atoms with E-state index in [0.29, 0.717) is 25.6 Å². The van der Waals surface area contributed by atoms with Crippen molar-refractivity contribution in [3.63, 3.8) is 0 Å². The van der Waals surface area contributed by atoms with Crippen LogP contribution in [0.4, 0.5) is 4.79 Å². The number of hydrogen-bond donors (Lipinski definition) is 1. The molecule has 140 valence electrons. The molecule has 8 nitrogen and oxygen atoms in total. The number of carbonyl (C=O) groups excluding carboxylic acids is 1. The predicted molar refractivity (Wildman–Crippen MR) is 93.7 cm³/mol. The standard InChI is InChI=1S/C18H24N4O4/c1-18(2,3)26-17(25)21-7-6-13-8-12(4-5-14(13)10-21)9-22-11-15(16(23)24)19-20-22/h4-5,11,13H,6-10H2,1-3H3,(H,23,24). The van der Waals surface area contributed by atoms with Gasteiger partial charge in [0.15, 0.2) is 5.69 Å². The van der Waals surface area contributed by atoms with Crippen LogP contribution in [0.25, 0.3) is 0 Å². The molecule has 1 aliphatic heterocycles. The molecule has 26 heavy (non-hydrogen) atoms. The molecule has 2 heterocycles. The second kappa shape index (κ2) is 6.93. The van der Waals surface area contributed by atoms with Crippen LogP contribution in [-0.4, -0.2) is 55.8 Å². The van der Waals surface area contributed by atoms with Gasteiger partial charge in [0.05, 0.1) is 12.7 Å². The molecular formula is C18H24N4O4. The number of likely N-dealkylation sites (tertiary alicyclic amines) is 1. The quantitative estimate of drug-likeness (QED) is 0.889. The SMILES string of the molecule is CC(C)(C)OC(=O)N1CCC2CC(Cn3cc(C(=O)O)nn3)=CC=C2C1. The van der Waals surface area contributed by atoms with E-state index in [-0.39, 0.29) is 11.8 Å². The number of aromatic nitrogens is 3. The summed E-state index contributed by atoms with van der Waals surface area (Å²) >= 11 is 0. The Hall–Kier alpha value is -2.64. The molecule has 1 atom stereocenters. The lowest BCUT2D eigenvalue weighted by molar-refractivity contribution is 0.0228. The molecular weight excluding hydrogens is 336 g/mol. The molecule has 1 aromatic rings. The summed E-state index contributed by atoms with van der Waals surface area (Å²) < 4.78 is 7.00. The lowest BCUT2D eigenvalue weighted by Crippen LogP contribution is -2.43. The largest absolute Gasteiger partial charge is 0.476 e. The maximum absolute atomic E-state index is 12.2. The molecule has 3 rings (SSSR count). The summed E-state index contributed by atoms with van der Waals surface area (Å²) in [7, 11) is 0. The van der Waals surface area contributed by atoms with Gasteiger partial charge in [0.2, 0.25) is 0 Å². The van der Waals surface area contributed by atoms with Gasteiger partial charge in [-0.05, 0) is 50.7 Å². The molecule has 0 spiro atoms. The second-order valence-electron chi connectivity index (χ2n) is 7.76. The van der Waals surface area contributed by atoms with Crippen LogP contribution in [0, 0.1) is 5.92 Å². The van der Waals surface area contributed by atoms with Gasteiger partial charge >= 0.3 is 12.1 Å². The number of fused-ring (bicyclic) bond motifs is 1. The molecule has 0 bridgehead atoms. The van der Waals surface area contributed by atoms with Crippen molar-refractivity contribution in [2.24, 2.45) is 5.92 Å². The van der Waals surface area contributed by atoms with Crippen LogP contribution < -0.4 is 0 Å². The molecule has 0 radical (unpaired) electrons. The van der Waals surface area contributed by atoms with E-state index in [1.54, 1.807) is 9.58 Å². The van der Waals surface area contributed by atoms with Gasteiger partial charge in [-0.2, -0.15) is 0 Å². The fourth-order valence-corrected chi connectivity index (χ4v) is 3.24. The molecule has 1 unspecified atom stereocenters. The first-order valence-corrected chi connectivity index (χ1v) is 8.71. The van der Waals surface area contributed by atoms with E-state index in [9.17, 15) is 9.59 Å². The molecule has 0 aromatic carbocycles. The van der Waals surface area contributed by atoms with Crippen LogP contribution in [0.2, 0.25) is 0 Å². The van der Waals surface area contributed by atoms with E-state index in [2.05, 4.69) is 16.4 Å². The number of nitrogens with zero attached hydrogens (tertiary/aromatic N) is 4. The maximum atomic E-state index is 12.2. The number of ether oxygens (including phenoxy) is 1. The lowest BCUT2D eigenvalue weighted by Gasteiger charge is -2.37. The average Bonchev–Trinajstić information content (AvgIpc) is 3.01. The van der Waals surface area contributed by atoms with Crippen molar-refractivity contribution in [3.05, 3.63) is 35.2 Å². The van der Waals surface area contributed by atoms with Crippen molar-refractivity contribution in [3.8, 4) is 0 Å². The fourth-order valence-electron chi connectivity index (χ4n) is 3.24. The number of carboxylic acids is 1. The zero-order valence-electron chi connectivity index (χ0n) is 15.3. The zero-order valence-corrected chi connectivity index (χ0v) is 15.3. The summed E-state index contributed by atoms with van der Waals surface area (Å²) in [4.78, 5) is 24.9. The molecule has 2 aliphatic rings. The normalized spacial score (nSPS) is 20.1. The third-order valence-electron chi connectivity index (χ3n) is 4.46. The zero-order chi connectivity index (χ0) is 18.9. The van der Waals surface area contributed by atoms with Crippen LogP contribution in [-0.2, 0) is 11.3 Å². The number of rotatable bonds is 3. The van der Waals surface area contributed by atoms with Gasteiger partial charge in [-0.3, -0.25) is 0 Å². The van der Waals surface area contributed by atoms with Crippen LogP contribution in [0.3, 0.4) is 0 Å². The molecule has 1 amide bonds. The number of amides is 1. The minimum atomic E-state index is -1.08. The van der Waals surface area contributed by atoms with Crippen LogP contribution in [0.15, 0.2) is 29.5 Å². The van der Waals surface area contributed by atoms with E-state index in [0.717, 1.165) is 12.8 Å². The average molecular weight is 360 g/mol. The Bertz CT molecular complexity index is 772. The van der Waals surface area contributed by atoms with Gasteiger partial charge in [-0.15, -0.1) is 5.10 Å². The van der Waals surface area contributed by atoms with Crippen molar-refractivity contribution >= 4 is 12.1 Å². The van der Waals surface area contributed by atoms with Crippen molar-refractivity contribution in [2.75, 3.05) is 13.1 Å². The van der Waals surface area contributed by atoms with Crippen molar-refractivity contribution in [2.45, 2.75) is 45.8 Å². The summed E-state index contributed by atoms with van der Waals surface area (Å²) in [5.41, 5.74) is 1.86. The number of aromatic carboxylic acids is 1. The topological polar surface area (TPSA) is 97.5 Å². The van der Waals surface area contributed by atoms with E-state index in [4.69, 9.17) is 9.84 Å². The second-order valence-corrected chi connectivity index (χ2v) is 7.76. The summed E-state index contributed by atoms with van der Waals surface area (Å²) in [6.45, 7) is 7.40. The van der Waals surface area contributed by atoms with Gasteiger partial charge in [-0.25, -0.2) is 14.3 Å². The monoisotopic (exact) mass is 360 g/mol. The van der Waals surface area contributed by atoms with E-state index >= 15 is 0 Å². The van der Waals surface area contributed by atoms with Gasteiger partial charge in [0, 0.05) is 13.1 Å². The molecule has 0 saturated carbocycles. The van der Waals surface area contributed by atoms with Crippen LogP contribution >= 0.6 is 0 Å². The minimum absolute atomic E-state index is 0.0525. The highest BCUT2D eigenvalue weighted by molar-refractivity contribution is 5.84. The van der Waals surface area contributed by atoms with Gasteiger partial charge in [0.25, 0.3) is 0 Å². The first-order chi connectivity index (χ1) is 12.2. The van der Waals surface area contributed by atoms with Crippen molar-refractivity contribution in [1.82, 2.24) is 19.9 Å². The van der Waals surface area contributed by atoms with Gasteiger partial charge < -0.3 is 14.7 Å². The van der Waals surface area contributed by atoms with Crippen LogP contribution in [0.1, 0.15) is 44.1 Å². The first kappa shape index (κ1) is 18.2. The van der Waals surface area contributed by atoms with E-state index < -0.39 is 11.6 Å². The minimum Gasteiger partial charge on any atom is -0.476 e. The fraction of sp³-hybridized carbons (Fsp3) is 0.556. The van der Waals surface area contributed by atoms with Gasteiger partial charge in [0.1, 0.15) is 5.60 Å². The molecule has 1 aromatic heterocycles. The maximum Gasteiger partial charge on any atom is 0.410 e. The molecule has 1 fully saturated rings. The van der Waals surface area contributed by atoms with Gasteiger partial charge in [-0.1, -0.05) is 17.4 Å². The summed E-state index contributed by atoms with van der Waals surface area (Å²) in [6, 6.07) is 0. The number of carbonyl (C=O) groups is 2. The van der Waals surface area contributed by atoms with Crippen molar-refractivity contribution in [1.29, 1.82) is 0 Å². The Morgan fingerprint density at radius 3 is 2.77 bits per heavy atom. The van der Waals surface area contributed by atoms with Crippen molar-refractivity contribution < 1.29 is 19.4 Å². The van der Waals surface area contributed by atoms with E-state index in [1.165, 1.54) is 17.3 Å². The molecule has 8 heteroatoms. The number of carboxylic acid groups (broad SMARTS) is 1. The number of piperidine rings is 1. The third kappa shape index (κ3) is 4.30. The summed E-state index contributed by atoms with van der Waals surface area (Å²) in [5.74, 6) is -0.679. The molecule has 1 saturated heterocycles. The third-order valence-corrected chi connectivity index (χ3v) is 4.46. The summed E-state index contributed by atoms with van der Waals surface area (Å²) in [5, 5.41) is 16.4. The Labute approximate surface area is 152 Å². The molecule has 1 aliphatic carbocycles.